The first-order chi connectivity index (χ1) is 11.6. The third kappa shape index (κ3) is 2.42. The Labute approximate surface area is 143 Å². The number of piperidine rings is 1. The standard InChI is InChI=1S/C19H26N4O/c1-18(14-24)10-12-23(13-11-18)17-21-20-16(22(17)2)19(8-9-19)15-6-4-3-5-7-15/h3-7,24H,8-14H2,1-2H3. The molecule has 1 aliphatic carbocycles. The summed E-state index contributed by atoms with van der Waals surface area (Å²) >= 11 is 0. The van der Waals surface area contributed by atoms with Crippen LogP contribution in [-0.4, -0.2) is 39.6 Å². The molecule has 0 amide bonds. The SMILES string of the molecule is Cn1c(N2CCC(C)(CO)CC2)nnc1C1(c2ccccc2)CC1. The summed E-state index contributed by atoms with van der Waals surface area (Å²) in [6, 6.07) is 10.7. The van der Waals surface area contributed by atoms with Gasteiger partial charge in [0.2, 0.25) is 5.95 Å². The lowest BCUT2D eigenvalue weighted by Crippen LogP contribution is -2.41. The minimum atomic E-state index is 0.0522. The average Bonchev–Trinajstić information content (AvgIpc) is 3.34. The molecule has 4 rings (SSSR count). The Kier molecular flexibility index (Phi) is 3.64. The lowest BCUT2D eigenvalue weighted by Gasteiger charge is -2.38. The number of hydrogen-bond donors (Lipinski definition) is 1. The van der Waals surface area contributed by atoms with Gasteiger partial charge in [0.1, 0.15) is 5.82 Å². The number of benzene rings is 1. The van der Waals surface area contributed by atoms with Crippen molar-refractivity contribution in [3.05, 3.63) is 41.7 Å². The molecule has 0 bridgehead atoms. The fraction of sp³-hybridized carbons (Fsp3) is 0.579. The highest BCUT2D eigenvalue weighted by Gasteiger charge is 2.50. The highest BCUT2D eigenvalue weighted by molar-refractivity contribution is 5.43. The predicted molar refractivity (Wildman–Crippen MR) is 94.1 cm³/mol. The van der Waals surface area contributed by atoms with E-state index in [4.69, 9.17) is 0 Å². The van der Waals surface area contributed by atoms with Crippen LogP contribution in [0.1, 0.15) is 44.0 Å². The van der Waals surface area contributed by atoms with Crippen molar-refractivity contribution in [2.75, 3.05) is 24.6 Å². The molecule has 1 aliphatic heterocycles. The molecular formula is C19H26N4O. The number of anilines is 1. The van der Waals surface area contributed by atoms with Gasteiger partial charge in [-0.1, -0.05) is 37.3 Å². The summed E-state index contributed by atoms with van der Waals surface area (Å²) in [6.45, 7) is 4.30. The van der Waals surface area contributed by atoms with E-state index < -0.39 is 0 Å². The Morgan fingerprint density at radius 3 is 2.29 bits per heavy atom. The molecule has 24 heavy (non-hydrogen) atoms. The Morgan fingerprint density at radius 1 is 1.04 bits per heavy atom. The molecule has 1 N–H and O–H groups in total. The first kappa shape index (κ1) is 15.6. The van der Waals surface area contributed by atoms with Crippen LogP contribution in [0.3, 0.4) is 0 Å². The molecule has 2 fully saturated rings. The molecule has 5 heteroatoms. The normalized spacial score (nSPS) is 21.7. The van der Waals surface area contributed by atoms with E-state index in [1.54, 1.807) is 0 Å². The zero-order valence-electron chi connectivity index (χ0n) is 14.6. The van der Waals surface area contributed by atoms with Crippen LogP contribution < -0.4 is 4.90 Å². The van der Waals surface area contributed by atoms with Gasteiger partial charge >= 0.3 is 0 Å². The summed E-state index contributed by atoms with van der Waals surface area (Å²) in [6.07, 6.45) is 4.28. The predicted octanol–water partition coefficient (Wildman–Crippen LogP) is 2.49. The van der Waals surface area contributed by atoms with Crippen molar-refractivity contribution in [3.8, 4) is 0 Å². The van der Waals surface area contributed by atoms with E-state index in [2.05, 4.69) is 64.0 Å². The minimum Gasteiger partial charge on any atom is -0.396 e. The molecule has 0 unspecified atom stereocenters. The third-order valence-electron chi connectivity index (χ3n) is 5.99. The maximum atomic E-state index is 9.56. The van der Waals surface area contributed by atoms with Crippen molar-refractivity contribution in [1.82, 2.24) is 14.8 Å². The topological polar surface area (TPSA) is 54.2 Å². The van der Waals surface area contributed by atoms with Gasteiger partial charge in [0.05, 0.1) is 5.41 Å². The monoisotopic (exact) mass is 326 g/mol. The molecule has 128 valence electrons. The van der Waals surface area contributed by atoms with Crippen molar-refractivity contribution >= 4 is 5.95 Å². The number of aliphatic hydroxyl groups is 1. The smallest absolute Gasteiger partial charge is 0.226 e. The number of aliphatic hydroxyl groups excluding tert-OH is 1. The lowest BCUT2D eigenvalue weighted by molar-refractivity contribution is 0.114. The molecule has 0 atom stereocenters. The first-order valence-corrected chi connectivity index (χ1v) is 8.89. The Morgan fingerprint density at radius 2 is 1.71 bits per heavy atom. The van der Waals surface area contributed by atoms with Crippen molar-refractivity contribution in [2.24, 2.45) is 12.5 Å². The Balaban J connectivity index is 1.59. The van der Waals surface area contributed by atoms with Gasteiger partial charge in [0.15, 0.2) is 0 Å². The molecule has 5 nitrogen and oxygen atoms in total. The molecule has 0 radical (unpaired) electrons. The van der Waals surface area contributed by atoms with E-state index in [0.717, 1.165) is 50.5 Å². The lowest BCUT2D eigenvalue weighted by atomic mass is 9.81. The largest absolute Gasteiger partial charge is 0.396 e. The van der Waals surface area contributed by atoms with Gasteiger partial charge in [0.25, 0.3) is 0 Å². The van der Waals surface area contributed by atoms with Crippen molar-refractivity contribution in [2.45, 2.75) is 38.0 Å². The zero-order valence-corrected chi connectivity index (χ0v) is 14.6. The summed E-state index contributed by atoms with van der Waals surface area (Å²) in [5.41, 5.74) is 1.45. The number of rotatable bonds is 4. The highest BCUT2D eigenvalue weighted by Crippen LogP contribution is 2.53. The molecule has 1 saturated carbocycles. The molecular weight excluding hydrogens is 300 g/mol. The Bertz CT molecular complexity index is 712. The summed E-state index contributed by atoms with van der Waals surface area (Å²) in [7, 11) is 2.09. The van der Waals surface area contributed by atoms with Crippen LogP contribution in [0.25, 0.3) is 0 Å². The van der Waals surface area contributed by atoms with Crippen LogP contribution in [-0.2, 0) is 12.5 Å². The number of nitrogens with zero attached hydrogens (tertiary/aromatic N) is 4. The third-order valence-corrected chi connectivity index (χ3v) is 5.99. The molecule has 0 spiro atoms. The van der Waals surface area contributed by atoms with E-state index in [1.807, 2.05) is 0 Å². The van der Waals surface area contributed by atoms with Crippen LogP contribution in [0.4, 0.5) is 5.95 Å². The maximum absolute atomic E-state index is 9.56. The van der Waals surface area contributed by atoms with Crippen molar-refractivity contribution in [3.63, 3.8) is 0 Å². The fourth-order valence-electron chi connectivity index (χ4n) is 3.94. The van der Waals surface area contributed by atoms with E-state index in [1.165, 1.54) is 5.56 Å². The van der Waals surface area contributed by atoms with Gasteiger partial charge in [-0.3, -0.25) is 4.57 Å². The minimum absolute atomic E-state index is 0.0522. The molecule has 1 aromatic carbocycles. The van der Waals surface area contributed by atoms with E-state index in [0.29, 0.717) is 0 Å². The summed E-state index contributed by atoms with van der Waals surface area (Å²) in [4.78, 5) is 2.31. The van der Waals surface area contributed by atoms with Gasteiger partial charge < -0.3 is 10.0 Å². The van der Waals surface area contributed by atoms with Gasteiger partial charge in [-0.2, -0.15) is 0 Å². The second-order valence-corrected chi connectivity index (χ2v) is 7.79. The molecule has 1 aromatic heterocycles. The quantitative estimate of drug-likeness (QED) is 0.938. The molecule has 2 heterocycles. The average molecular weight is 326 g/mol. The molecule has 2 aromatic rings. The van der Waals surface area contributed by atoms with E-state index >= 15 is 0 Å². The Hall–Kier alpha value is -1.88. The van der Waals surface area contributed by atoms with Crippen LogP contribution in [0.5, 0.6) is 0 Å². The van der Waals surface area contributed by atoms with Crippen LogP contribution in [0.15, 0.2) is 30.3 Å². The van der Waals surface area contributed by atoms with Crippen LogP contribution in [0.2, 0.25) is 0 Å². The second kappa shape index (κ2) is 5.59. The van der Waals surface area contributed by atoms with E-state index in [9.17, 15) is 5.11 Å². The summed E-state index contributed by atoms with van der Waals surface area (Å²) in [5, 5.41) is 18.7. The van der Waals surface area contributed by atoms with Gasteiger partial charge in [0, 0.05) is 26.7 Å². The van der Waals surface area contributed by atoms with Gasteiger partial charge in [-0.25, -0.2) is 0 Å². The molecule has 2 aliphatic rings. The fourth-order valence-corrected chi connectivity index (χ4v) is 3.94. The van der Waals surface area contributed by atoms with Crippen LogP contribution >= 0.6 is 0 Å². The van der Waals surface area contributed by atoms with Gasteiger partial charge in [-0.15, -0.1) is 10.2 Å². The first-order valence-electron chi connectivity index (χ1n) is 8.89. The second-order valence-electron chi connectivity index (χ2n) is 7.79. The summed E-state index contributed by atoms with van der Waals surface area (Å²) < 4.78 is 2.18. The maximum Gasteiger partial charge on any atom is 0.226 e. The zero-order chi connectivity index (χ0) is 16.8. The van der Waals surface area contributed by atoms with Gasteiger partial charge in [-0.05, 0) is 36.7 Å². The van der Waals surface area contributed by atoms with Crippen molar-refractivity contribution in [1.29, 1.82) is 0 Å². The molecule has 1 saturated heterocycles. The van der Waals surface area contributed by atoms with Crippen LogP contribution in [0, 0.1) is 5.41 Å². The highest BCUT2D eigenvalue weighted by atomic mass is 16.3. The van der Waals surface area contributed by atoms with Crippen molar-refractivity contribution < 1.29 is 5.11 Å². The number of hydrogen-bond acceptors (Lipinski definition) is 4. The number of aromatic nitrogens is 3. The summed E-state index contributed by atoms with van der Waals surface area (Å²) in [5.74, 6) is 2.05. The van der Waals surface area contributed by atoms with E-state index in [-0.39, 0.29) is 17.4 Å².